The van der Waals surface area contributed by atoms with E-state index in [1.165, 1.54) is 0 Å². The molecule has 1 N–H and O–H groups in total. The summed E-state index contributed by atoms with van der Waals surface area (Å²) < 4.78 is 0. The second-order valence-electron chi connectivity index (χ2n) is 5.17. The SMILES string of the molecule is CCN(c1c(C)cccc1C(=O)O)C(C)CN(C)C. The number of rotatable bonds is 6. The zero-order chi connectivity index (χ0) is 14.6. The van der Waals surface area contributed by atoms with Gasteiger partial charge in [0.25, 0.3) is 0 Å². The van der Waals surface area contributed by atoms with Gasteiger partial charge in [0.1, 0.15) is 0 Å². The van der Waals surface area contributed by atoms with E-state index < -0.39 is 5.97 Å². The van der Waals surface area contributed by atoms with Crippen molar-refractivity contribution in [3.63, 3.8) is 0 Å². The van der Waals surface area contributed by atoms with Crippen molar-refractivity contribution in [1.82, 2.24) is 4.90 Å². The number of benzene rings is 1. The summed E-state index contributed by atoms with van der Waals surface area (Å²) in [6.07, 6.45) is 0. The van der Waals surface area contributed by atoms with E-state index in [4.69, 9.17) is 0 Å². The van der Waals surface area contributed by atoms with Gasteiger partial charge in [0.2, 0.25) is 0 Å². The standard InChI is InChI=1S/C15H24N2O2/c1-6-17(12(3)10-16(4)5)14-11(2)8-7-9-13(14)15(18)19/h7-9,12H,6,10H2,1-5H3,(H,18,19). The summed E-state index contributed by atoms with van der Waals surface area (Å²) >= 11 is 0. The third kappa shape index (κ3) is 3.70. The molecule has 0 bridgehead atoms. The number of nitrogens with zero attached hydrogens (tertiary/aromatic N) is 2. The van der Waals surface area contributed by atoms with Crippen molar-refractivity contribution in [2.24, 2.45) is 0 Å². The molecule has 0 fully saturated rings. The summed E-state index contributed by atoms with van der Waals surface area (Å²) in [5.74, 6) is -0.866. The number of anilines is 1. The van der Waals surface area contributed by atoms with Crippen molar-refractivity contribution < 1.29 is 9.90 Å². The molecule has 4 heteroatoms. The summed E-state index contributed by atoms with van der Waals surface area (Å²) in [7, 11) is 4.06. The van der Waals surface area contributed by atoms with Crippen LogP contribution in [-0.4, -0.2) is 49.2 Å². The Hall–Kier alpha value is -1.55. The molecule has 0 aliphatic carbocycles. The number of hydrogen-bond donors (Lipinski definition) is 1. The lowest BCUT2D eigenvalue weighted by Crippen LogP contribution is -2.41. The predicted octanol–water partition coefficient (Wildman–Crippen LogP) is 2.47. The van der Waals surface area contributed by atoms with Crippen LogP contribution in [0.2, 0.25) is 0 Å². The molecule has 1 aromatic rings. The highest BCUT2D eigenvalue weighted by atomic mass is 16.4. The van der Waals surface area contributed by atoms with Crippen LogP contribution < -0.4 is 4.90 Å². The molecule has 0 saturated heterocycles. The third-order valence-electron chi connectivity index (χ3n) is 3.26. The van der Waals surface area contributed by atoms with Crippen LogP contribution in [0.15, 0.2) is 18.2 Å². The van der Waals surface area contributed by atoms with Gasteiger partial charge >= 0.3 is 5.97 Å². The maximum Gasteiger partial charge on any atom is 0.337 e. The number of aromatic carboxylic acids is 1. The Morgan fingerprint density at radius 3 is 2.47 bits per heavy atom. The monoisotopic (exact) mass is 264 g/mol. The van der Waals surface area contributed by atoms with Gasteiger partial charge in [0.05, 0.1) is 11.3 Å². The second kappa shape index (κ2) is 6.57. The van der Waals surface area contributed by atoms with Crippen molar-refractivity contribution >= 4 is 11.7 Å². The fraction of sp³-hybridized carbons (Fsp3) is 0.533. The van der Waals surface area contributed by atoms with E-state index in [0.717, 1.165) is 24.3 Å². The van der Waals surface area contributed by atoms with Crippen LogP contribution in [0.4, 0.5) is 5.69 Å². The Labute approximate surface area is 115 Å². The largest absolute Gasteiger partial charge is 0.478 e. The van der Waals surface area contributed by atoms with Gasteiger partial charge < -0.3 is 14.9 Å². The highest BCUT2D eigenvalue weighted by Gasteiger charge is 2.21. The lowest BCUT2D eigenvalue weighted by molar-refractivity contribution is 0.0697. The third-order valence-corrected chi connectivity index (χ3v) is 3.26. The molecule has 19 heavy (non-hydrogen) atoms. The van der Waals surface area contributed by atoms with Crippen LogP contribution in [0.3, 0.4) is 0 Å². The molecule has 1 aromatic carbocycles. The van der Waals surface area contributed by atoms with E-state index in [2.05, 4.69) is 23.6 Å². The van der Waals surface area contributed by atoms with Crippen LogP contribution in [0.1, 0.15) is 29.8 Å². The topological polar surface area (TPSA) is 43.8 Å². The highest BCUT2D eigenvalue weighted by Crippen LogP contribution is 2.27. The van der Waals surface area contributed by atoms with Crippen molar-refractivity contribution in [3.8, 4) is 0 Å². The number of carboxylic acid groups (broad SMARTS) is 1. The second-order valence-corrected chi connectivity index (χ2v) is 5.17. The summed E-state index contributed by atoms with van der Waals surface area (Å²) in [4.78, 5) is 15.7. The summed E-state index contributed by atoms with van der Waals surface area (Å²) in [6.45, 7) is 7.83. The predicted molar refractivity (Wildman–Crippen MR) is 79.2 cm³/mol. The first-order chi connectivity index (χ1) is 8.88. The lowest BCUT2D eigenvalue weighted by Gasteiger charge is -2.34. The van der Waals surface area contributed by atoms with Crippen molar-refractivity contribution in [3.05, 3.63) is 29.3 Å². The van der Waals surface area contributed by atoms with E-state index in [1.54, 1.807) is 12.1 Å². The van der Waals surface area contributed by atoms with Gasteiger partial charge in [-0.15, -0.1) is 0 Å². The molecule has 106 valence electrons. The van der Waals surface area contributed by atoms with Gasteiger partial charge in [-0.3, -0.25) is 0 Å². The first-order valence-corrected chi connectivity index (χ1v) is 6.62. The van der Waals surface area contributed by atoms with Crippen LogP contribution in [-0.2, 0) is 0 Å². The van der Waals surface area contributed by atoms with Gasteiger partial charge in [-0.05, 0) is 46.5 Å². The van der Waals surface area contributed by atoms with E-state index in [1.807, 2.05) is 27.1 Å². The van der Waals surface area contributed by atoms with Gasteiger partial charge in [0.15, 0.2) is 0 Å². The molecular formula is C15H24N2O2. The maximum atomic E-state index is 11.4. The number of carboxylic acids is 1. The minimum absolute atomic E-state index is 0.263. The molecule has 0 aliphatic rings. The Kier molecular flexibility index (Phi) is 5.36. The molecule has 0 heterocycles. The fourth-order valence-electron chi connectivity index (χ4n) is 2.53. The molecule has 0 aromatic heterocycles. The zero-order valence-corrected chi connectivity index (χ0v) is 12.5. The van der Waals surface area contributed by atoms with Gasteiger partial charge in [-0.25, -0.2) is 4.79 Å². The number of hydrogen-bond acceptors (Lipinski definition) is 3. The molecule has 4 nitrogen and oxygen atoms in total. The Morgan fingerprint density at radius 2 is 2.00 bits per heavy atom. The van der Waals surface area contributed by atoms with Crippen LogP contribution in [0, 0.1) is 6.92 Å². The fourth-order valence-corrected chi connectivity index (χ4v) is 2.53. The Balaban J connectivity index is 3.20. The zero-order valence-electron chi connectivity index (χ0n) is 12.5. The van der Waals surface area contributed by atoms with Crippen LogP contribution in [0.25, 0.3) is 0 Å². The van der Waals surface area contributed by atoms with Crippen molar-refractivity contribution in [2.45, 2.75) is 26.8 Å². The average molecular weight is 264 g/mol. The smallest absolute Gasteiger partial charge is 0.337 e. The minimum atomic E-state index is -0.866. The molecular weight excluding hydrogens is 240 g/mol. The summed E-state index contributed by atoms with van der Waals surface area (Å²) in [5.41, 5.74) is 2.23. The summed E-state index contributed by atoms with van der Waals surface area (Å²) in [5, 5.41) is 9.36. The van der Waals surface area contributed by atoms with E-state index in [-0.39, 0.29) is 6.04 Å². The van der Waals surface area contributed by atoms with Gasteiger partial charge in [0, 0.05) is 19.1 Å². The summed E-state index contributed by atoms with van der Waals surface area (Å²) in [6, 6.07) is 5.70. The first kappa shape index (κ1) is 15.5. The molecule has 1 rings (SSSR count). The molecule has 1 atom stereocenters. The molecule has 0 saturated carbocycles. The Bertz CT molecular complexity index is 444. The first-order valence-electron chi connectivity index (χ1n) is 6.62. The number of para-hydroxylation sites is 1. The van der Waals surface area contributed by atoms with Gasteiger partial charge in [-0.1, -0.05) is 12.1 Å². The number of likely N-dealkylation sites (N-methyl/N-ethyl adjacent to an activating group) is 2. The molecule has 0 amide bonds. The minimum Gasteiger partial charge on any atom is -0.478 e. The number of carbonyl (C=O) groups is 1. The molecule has 1 unspecified atom stereocenters. The van der Waals surface area contributed by atoms with Crippen LogP contribution in [0.5, 0.6) is 0 Å². The van der Waals surface area contributed by atoms with Crippen LogP contribution >= 0.6 is 0 Å². The number of aryl methyl sites for hydroxylation is 1. The van der Waals surface area contributed by atoms with E-state index in [9.17, 15) is 9.90 Å². The highest BCUT2D eigenvalue weighted by molar-refractivity contribution is 5.95. The quantitative estimate of drug-likeness (QED) is 0.857. The molecule has 0 spiro atoms. The van der Waals surface area contributed by atoms with Gasteiger partial charge in [-0.2, -0.15) is 0 Å². The maximum absolute atomic E-state index is 11.4. The Morgan fingerprint density at radius 1 is 1.37 bits per heavy atom. The van der Waals surface area contributed by atoms with Crippen molar-refractivity contribution in [2.75, 3.05) is 32.1 Å². The molecule has 0 radical (unpaired) electrons. The van der Waals surface area contributed by atoms with Crippen molar-refractivity contribution in [1.29, 1.82) is 0 Å². The van der Waals surface area contributed by atoms with E-state index >= 15 is 0 Å². The normalized spacial score (nSPS) is 12.5. The molecule has 0 aliphatic heterocycles. The average Bonchev–Trinajstić information content (AvgIpc) is 2.30. The lowest BCUT2D eigenvalue weighted by atomic mass is 10.0. The van der Waals surface area contributed by atoms with E-state index in [0.29, 0.717) is 5.56 Å².